The molecule has 2 rings (SSSR count). The Hall–Kier alpha value is -1.18. The number of aliphatic hydroxyl groups is 1. The SMILES string of the molecule is C[C@H](O)c1cc([N+](=O)[O-])c(N2CCCN(C)CC2)s1. The van der Waals surface area contributed by atoms with Crippen molar-refractivity contribution < 1.29 is 10.0 Å². The minimum Gasteiger partial charge on any atom is -0.388 e. The summed E-state index contributed by atoms with van der Waals surface area (Å²) in [5.41, 5.74) is 0.116. The molecule has 1 saturated heterocycles. The lowest BCUT2D eigenvalue weighted by molar-refractivity contribution is -0.383. The van der Waals surface area contributed by atoms with E-state index in [1.165, 1.54) is 17.4 Å². The Labute approximate surface area is 116 Å². The number of likely N-dealkylation sites (N-methyl/N-ethyl adjacent to an activating group) is 1. The quantitative estimate of drug-likeness (QED) is 0.678. The molecule has 1 aromatic heterocycles. The monoisotopic (exact) mass is 285 g/mol. The van der Waals surface area contributed by atoms with E-state index in [9.17, 15) is 15.2 Å². The van der Waals surface area contributed by atoms with Gasteiger partial charge in [-0.25, -0.2) is 0 Å². The number of rotatable bonds is 3. The third kappa shape index (κ3) is 3.23. The van der Waals surface area contributed by atoms with Crippen LogP contribution in [0.25, 0.3) is 0 Å². The second-order valence-electron chi connectivity index (χ2n) is 4.92. The number of aliphatic hydroxyl groups excluding tert-OH is 1. The standard InChI is InChI=1S/C12H19N3O3S/c1-9(16)11-8-10(15(17)18)12(19-11)14-5-3-4-13(2)6-7-14/h8-9,16H,3-7H2,1-2H3/t9-/m0/s1. The molecule has 0 saturated carbocycles. The lowest BCUT2D eigenvalue weighted by Gasteiger charge is -2.20. The van der Waals surface area contributed by atoms with Crippen LogP contribution in [-0.2, 0) is 0 Å². The molecule has 6 nitrogen and oxygen atoms in total. The average Bonchev–Trinajstić information content (AvgIpc) is 2.68. The normalized spacial score (nSPS) is 19.2. The maximum Gasteiger partial charge on any atom is 0.304 e. The van der Waals surface area contributed by atoms with Crippen LogP contribution in [0.2, 0.25) is 0 Å². The summed E-state index contributed by atoms with van der Waals surface area (Å²) in [7, 11) is 2.06. The first-order valence-electron chi connectivity index (χ1n) is 6.38. The molecule has 0 bridgehead atoms. The van der Waals surface area contributed by atoms with E-state index in [4.69, 9.17) is 0 Å². The highest BCUT2D eigenvalue weighted by molar-refractivity contribution is 7.16. The van der Waals surface area contributed by atoms with Gasteiger partial charge >= 0.3 is 5.69 Å². The third-order valence-corrected chi connectivity index (χ3v) is 4.68. The highest BCUT2D eigenvalue weighted by Crippen LogP contribution is 2.40. The van der Waals surface area contributed by atoms with Gasteiger partial charge in [0.05, 0.1) is 11.0 Å². The highest BCUT2D eigenvalue weighted by Gasteiger charge is 2.26. The van der Waals surface area contributed by atoms with Crippen LogP contribution in [0.15, 0.2) is 6.07 Å². The molecule has 2 heterocycles. The van der Waals surface area contributed by atoms with Crippen LogP contribution in [0.5, 0.6) is 0 Å². The van der Waals surface area contributed by atoms with Gasteiger partial charge in [0.25, 0.3) is 0 Å². The van der Waals surface area contributed by atoms with Crippen molar-refractivity contribution in [2.24, 2.45) is 0 Å². The summed E-state index contributed by atoms with van der Waals surface area (Å²) in [5.74, 6) is 0. The van der Waals surface area contributed by atoms with Crippen molar-refractivity contribution in [2.45, 2.75) is 19.4 Å². The summed E-state index contributed by atoms with van der Waals surface area (Å²) in [6.45, 7) is 5.16. The van der Waals surface area contributed by atoms with Gasteiger partial charge in [0.15, 0.2) is 5.00 Å². The van der Waals surface area contributed by atoms with Gasteiger partial charge in [0, 0.05) is 30.6 Å². The van der Waals surface area contributed by atoms with Crippen LogP contribution >= 0.6 is 11.3 Å². The number of anilines is 1. The van der Waals surface area contributed by atoms with Gasteiger partial charge in [-0.2, -0.15) is 0 Å². The van der Waals surface area contributed by atoms with Gasteiger partial charge in [-0.1, -0.05) is 0 Å². The molecule has 1 fully saturated rings. The van der Waals surface area contributed by atoms with Gasteiger partial charge < -0.3 is 14.9 Å². The number of hydrogen-bond donors (Lipinski definition) is 1. The van der Waals surface area contributed by atoms with Crippen molar-refractivity contribution in [1.82, 2.24) is 4.90 Å². The van der Waals surface area contributed by atoms with E-state index < -0.39 is 6.10 Å². The lowest BCUT2D eigenvalue weighted by Crippen LogP contribution is -2.28. The molecule has 1 aliphatic rings. The number of hydrogen-bond acceptors (Lipinski definition) is 6. The van der Waals surface area contributed by atoms with Gasteiger partial charge in [0.2, 0.25) is 0 Å². The summed E-state index contributed by atoms with van der Waals surface area (Å²) in [4.78, 5) is 15.7. The second kappa shape index (κ2) is 5.85. The topological polar surface area (TPSA) is 69.8 Å². The summed E-state index contributed by atoms with van der Waals surface area (Å²) in [5, 5.41) is 21.4. The minimum absolute atomic E-state index is 0.116. The number of nitro groups is 1. The Kier molecular flexibility index (Phi) is 4.38. The van der Waals surface area contributed by atoms with E-state index in [0.717, 1.165) is 32.6 Å². The Morgan fingerprint density at radius 1 is 1.42 bits per heavy atom. The number of nitrogens with zero attached hydrogens (tertiary/aromatic N) is 3. The maximum absolute atomic E-state index is 11.1. The molecule has 0 aromatic carbocycles. The molecule has 0 spiro atoms. The predicted octanol–water partition coefficient (Wildman–Crippen LogP) is 1.85. The van der Waals surface area contributed by atoms with Gasteiger partial charge in [-0.3, -0.25) is 10.1 Å². The largest absolute Gasteiger partial charge is 0.388 e. The molecule has 0 aliphatic carbocycles. The summed E-state index contributed by atoms with van der Waals surface area (Å²) < 4.78 is 0. The first-order valence-corrected chi connectivity index (χ1v) is 7.20. The smallest absolute Gasteiger partial charge is 0.304 e. The van der Waals surface area contributed by atoms with E-state index in [1.54, 1.807) is 6.92 Å². The van der Waals surface area contributed by atoms with Gasteiger partial charge in [-0.05, 0) is 26.9 Å². The fraction of sp³-hybridized carbons (Fsp3) is 0.667. The minimum atomic E-state index is -0.660. The molecule has 19 heavy (non-hydrogen) atoms. The summed E-state index contributed by atoms with van der Waals surface area (Å²) >= 11 is 1.33. The van der Waals surface area contributed by atoms with Crippen LogP contribution in [0.3, 0.4) is 0 Å². The zero-order valence-electron chi connectivity index (χ0n) is 11.2. The molecule has 0 unspecified atom stereocenters. The Balaban J connectivity index is 2.29. The zero-order valence-corrected chi connectivity index (χ0v) is 12.0. The van der Waals surface area contributed by atoms with Crippen molar-refractivity contribution in [2.75, 3.05) is 38.1 Å². The Bertz CT molecular complexity index is 461. The van der Waals surface area contributed by atoms with Gasteiger partial charge in [0.1, 0.15) is 0 Å². The van der Waals surface area contributed by atoms with Crippen molar-refractivity contribution in [1.29, 1.82) is 0 Å². The van der Waals surface area contributed by atoms with E-state index in [-0.39, 0.29) is 10.6 Å². The molecule has 1 N–H and O–H groups in total. The molecular weight excluding hydrogens is 266 g/mol. The van der Waals surface area contributed by atoms with Crippen molar-refractivity contribution in [3.05, 3.63) is 21.1 Å². The Morgan fingerprint density at radius 3 is 2.79 bits per heavy atom. The zero-order chi connectivity index (χ0) is 14.0. The first kappa shape index (κ1) is 14.2. The van der Waals surface area contributed by atoms with Crippen molar-refractivity contribution >= 4 is 22.0 Å². The summed E-state index contributed by atoms with van der Waals surface area (Å²) in [6.07, 6.45) is 0.336. The van der Waals surface area contributed by atoms with Crippen molar-refractivity contribution in [3.63, 3.8) is 0 Å². The van der Waals surface area contributed by atoms with Gasteiger partial charge in [-0.15, -0.1) is 11.3 Å². The predicted molar refractivity (Wildman–Crippen MR) is 75.9 cm³/mol. The van der Waals surface area contributed by atoms with Crippen LogP contribution in [0.1, 0.15) is 24.3 Å². The van der Waals surface area contributed by atoms with Crippen LogP contribution < -0.4 is 4.90 Å². The molecule has 0 amide bonds. The average molecular weight is 285 g/mol. The molecule has 0 radical (unpaired) electrons. The lowest BCUT2D eigenvalue weighted by atomic mass is 10.3. The highest BCUT2D eigenvalue weighted by atomic mass is 32.1. The summed E-state index contributed by atoms with van der Waals surface area (Å²) in [6, 6.07) is 1.50. The first-order chi connectivity index (χ1) is 8.99. The van der Waals surface area contributed by atoms with E-state index in [2.05, 4.69) is 16.8 Å². The molecule has 106 valence electrons. The fourth-order valence-corrected chi connectivity index (χ4v) is 3.32. The van der Waals surface area contributed by atoms with Crippen LogP contribution in [0, 0.1) is 10.1 Å². The van der Waals surface area contributed by atoms with Crippen LogP contribution in [-0.4, -0.2) is 48.2 Å². The van der Waals surface area contributed by atoms with E-state index >= 15 is 0 Å². The van der Waals surface area contributed by atoms with E-state index in [1.807, 2.05) is 0 Å². The van der Waals surface area contributed by atoms with Crippen LogP contribution in [0.4, 0.5) is 10.7 Å². The maximum atomic E-state index is 11.1. The molecule has 1 atom stereocenters. The number of thiophene rings is 1. The third-order valence-electron chi connectivity index (χ3n) is 3.33. The Morgan fingerprint density at radius 2 is 2.16 bits per heavy atom. The molecule has 7 heteroatoms. The second-order valence-corrected chi connectivity index (χ2v) is 5.98. The van der Waals surface area contributed by atoms with Crippen molar-refractivity contribution in [3.8, 4) is 0 Å². The fourth-order valence-electron chi connectivity index (χ4n) is 2.20. The van der Waals surface area contributed by atoms with E-state index in [0.29, 0.717) is 9.88 Å². The molecule has 1 aliphatic heterocycles. The molecular formula is C12H19N3O3S. The molecule has 1 aromatic rings.